The Labute approximate surface area is 104 Å². The van der Waals surface area contributed by atoms with Crippen LogP contribution in [0.4, 0.5) is 0 Å². The van der Waals surface area contributed by atoms with E-state index in [1.807, 2.05) is 18.2 Å². The molecule has 3 heteroatoms. The summed E-state index contributed by atoms with van der Waals surface area (Å²) in [5, 5.41) is 8.65. The van der Waals surface area contributed by atoms with Gasteiger partial charge in [0.1, 0.15) is 5.75 Å². The molecule has 0 aliphatic carbocycles. The zero-order chi connectivity index (χ0) is 12.7. The molecule has 0 radical (unpaired) electrons. The van der Waals surface area contributed by atoms with Crippen molar-refractivity contribution in [3.05, 3.63) is 29.8 Å². The molecule has 0 saturated heterocycles. The van der Waals surface area contributed by atoms with Crippen LogP contribution in [-0.4, -0.2) is 24.6 Å². The molecule has 1 rings (SSSR count). The van der Waals surface area contributed by atoms with E-state index >= 15 is 0 Å². The van der Waals surface area contributed by atoms with Crippen molar-refractivity contribution in [3.63, 3.8) is 0 Å². The van der Waals surface area contributed by atoms with Crippen LogP contribution in [0.3, 0.4) is 0 Å². The summed E-state index contributed by atoms with van der Waals surface area (Å²) in [6.45, 7) is 5.97. The number of nitrogens with zero attached hydrogens (tertiary/aromatic N) is 2. The molecule has 0 heterocycles. The molecular formula is C14H20N2O. The van der Waals surface area contributed by atoms with E-state index in [1.165, 1.54) is 5.56 Å². The molecule has 0 unspecified atom stereocenters. The van der Waals surface area contributed by atoms with Crippen LogP contribution in [0.5, 0.6) is 5.75 Å². The minimum atomic E-state index is 0.439. The average Bonchev–Trinajstić information content (AvgIpc) is 2.34. The highest BCUT2D eigenvalue weighted by atomic mass is 16.5. The molecule has 0 amide bonds. The number of methoxy groups -OCH3 is 1. The lowest BCUT2D eigenvalue weighted by Gasteiger charge is -2.25. The van der Waals surface area contributed by atoms with Crippen molar-refractivity contribution in [2.45, 2.75) is 32.9 Å². The highest BCUT2D eigenvalue weighted by molar-refractivity contribution is 5.28. The number of ether oxygens (including phenoxy) is 1. The van der Waals surface area contributed by atoms with Crippen LogP contribution in [0.25, 0.3) is 0 Å². The van der Waals surface area contributed by atoms with Gasteiger partial charge in [0.2, 0.25) is 0 Å². The molecule has 0 bridgehead atoms. The second-order valence-corrected chi connectivity index (χ2v) is 4.32. The fourth-order valence-electron chi connectivity index (χ4n) is 1.72. The fraction of sp³-hybridized carbons (Fsp3) is 0.500. The summed E-state index contributed by atoms with van der Waals surface area (Å²) in [6, 6.07) is 10.7. The van der Waals surface area contributed by atoms with Gasteiger partial charge in [-0.15, -0.1) is 0 Å². The minimum absolute atomic E-state index is 0.439. The van der Waals surface area contributed by atoms with Gasteiger partial charge in [0.05, 0.1) is 13.2 Å². The second kappa shape index (κ2) is 6.93. The fourth-order valence-corrected chi connectivity index (χ4v) is 1.72. The van der Waals surface area contributed by atoms with Gasteiger partial charge in [-0.25, -0.2) is 0 Å². The molecule has 0 N–H and O–H groups in total. The van der Waals surface area contributed by atoms with Gasteiger partial charge >= 0.3 is 0 Å². The minimum Gasteiger partial charge on any atom is -0.497 e. The molecule has 0 aromatic heterocycles. The van der Waals surface area contributed by atoms with Crippen LogP contribution in [0.1, 0.15) is 25.8 Å². The first-order valence-electron chi connectivity index (χ1n) is 5.91. The zero-order valence-corrected chi connectivity index (χ0v) is 10.8. The maximum absolute atomic E-state index is 8.65. The summed E-state index contributed by atoms with van der Waals surface area (Å²) in [5.74, 6) is 0.881. The van der Waals surface area contributed by atoms with Crippen LogP contribution in [0.15, 0.2) is 24.3 Å². The van der Waals surface area contributed by atoms with Crippen LogP contribution < -0.4 is 4.74 Å². The van der Waals surface area contributed by atoms with Crippen molar-refractivity contribution in [3.8, 4) is 11.8 Å². The second-order valence-electron chi connectivity index (χ2n) is 4.32. The lowest BCUT2D eigenvalue weighted by atomic mass is 10.1. The number of hydrogen-bond acceptors (Lipinski definition) is 3. The molecular weight excluding hydrogens is 212 g/mol. The van der Waals surface area contributed by atoms with Crippen LogP contribution >= 0.6 is 0 Å². The van der Waals surface area contributed by atoms with E-state index in [2.05, 4.69) is 30.9 Å². The average molecular weight is 232 g/mol. The van der Waals surface area contributed by atoms with Crippen LogP contribution in [0, 0.1) is 11.3 Å². The smallest absolute Gasteiger partial charge is 0.119 e. The Morgan fingerprint density at radius 2 is 2.18 bits per heavy atom. The number of benzene rings is 1. The van der Waals surface area contributed by atoms with E-state index in [-0.39, 0.29) is 0 Å². The highest BCUT2D eigenvalue weighted by Gasteiger charge is 2.09. The summed E-state index contributed by atoms with van der Waals surface area (Å²) in [4.78, 5) is 2.29. The summed E-state index contributed by atoms with van der Waals surface area (Å²) in [5.41, 5.74) is 1.22. The standard InChI is InChI=1S/C14H20N2O/c1-12(2)16(9-5-8-15)11-13-6-4-7-14(10-13)17-3/h4,6-7,10,12H,5,9,11H2,1-3H3. The van der Waals surface area contributed by atoms with Gasteiger partial charge in [-0.3, -0.25) is 4.90 Å². The van der Waals surface area contributed by atoms with Gasteiger partial charge in [-0.2, -0.15) is 5.26 Å². The van der Waals surface area contributed by atoms with Crippen LogP contribution in [-0.2, 0) is 6.54 Å². The third-order valence-electron chi connectivity index (χ3n) is 2.76. The van der Waals surface area contributed by atoms with E-state index in [4.69, 9.17) is 10.00 Å². The zero-order valence-electron chi connectivity index (χ0n) is 10.8. The SMILES string of the molecule is COc1cccc(CN(CCC#N)C(C)C)c1. The molecule has 1 aromatic carbocycles. The first-order valence-corrected chi connectivity index (χ1v) is 5.91. The molecule has 0 aliphatic rings. The first kappa shape index (κ1) is 13.5. The maximum atomic E-state index is 8.65. The van der Waals surface area contributed by atoms with Gasteiger partial charge in [0.15, 0.2) is 0 Å². The van der Waals surface area contributed by atoms with Gasteiger partial charge in [-0.1, -0.05) is 12.1 Å². The van der Waals surface area contributed by atoms with Gasteiger partial charge in [0.25, 0.3) is 0 Å². The molecule has 17 heavy (non-hydrogen) atoms. The van der Waals surface area contributed by atoms with Gasteiger partial charge in [0, 0.05) is 25.6 Å². The number of hydrogen-bond donors (Lipinski definition) is 0. The lowest BCUT2D eigenvalue weighted by molar-refractivity contribution is 0.217. The molecule has 1 aromatic rings. The highest BCUT2D eigenvalue weighted by Crippen LogP contribution is 2.15. The maximum Gasteiger partial charge on any atom is 0.119 e. The summed E-state index contributed by atoms with van der Waals surface area (Å²) in [6.07, 6.45) is 0.572. The molecule has 3 nitrogen and oxygen atoms in total. The third kappa shape index (κ3) is 4.46. The lowest BCUT2D eigenvalue weighted by Crippen LogP contribution is -2.31. The molecule has 0 fully saturated rings. The molecule has 0 atom stereocenters. The predicted octanol–water partition coefficient (Wildman–Crippen LogP) is 2.82. The predicted molar refractivity (Wildman–Crippen MR) is 68.8 cm³/mol. The van der Waals surface area contributed by atoms with Crippen molar-refractivity contribution in [2.75, 3.05) is 13.7 Å². The van der Waals surface area contributed by atoms with Crippen LogP contribution in [0.2, 0.25) is 0 Å². The summed E-state index contributed by atoms with van der Waals surface area (Å²) in [7, 11) is 1.68. The normalized spacial score (nSPS) is 10.6. The van der Waals surface area contributed by atoms with Crippen molar-refractivity contribution in [1.82, 2.24) is 4.90 Å². The number of rotatable bonds is 6. The van der Waals surface area contributed by atoms with Gasteiger partial charge in [-0.05, 0) is 31.5 Å². The largest absolute Gasteiger partial charge is 0.497 e. The molecule has 0 aliphatic heterocycles. The van der Waals surface area contributed by atoms with Crippen molar-refractivity contribution < 1.29 is 4.74 Å². The van der Waals surface area contributed by atoms with Crippen molar-refractivity contribution in [1.29, 1.82) is 5.26 Å². The van der Waals surface area contributed by atoms with Crippen molar-refractivity contribution in [2.24, 2.45) is 0 Å². The topological polar surface area (TPSA) is 36.3 Å². The van der Waals surface area contributed by atoms with E-state index in [0.717, 1.165) is 18.8 Å². The van der Waals surface area contributed by atoms with Crippen molar-refractivity contribution >= 4 is 0 Å². The molecule has 0 spiro atoms. The Morgan fingerprint density at radius 3 is 2.76 bits per heavy atom. The Balaban J connectivity index is 2.68. The summed E-state index contributed by atoms with van der Waals surface area (Å²) < 4.78 is 5.21. The Hall–Kier alpha value is -1.53. The van der Waals surface area contributed by atoms with Gasteiger partial charge < -0.3 is 4.74 Å². The van der Waals surface area contributed by atoms with E-state index in [9.17, 15) is 0 Å². The Morgan fingerprint density at radius 1 is 1.41 bits per heavy atom. The van der Waals surface area contributed by atoms with E-state index in [1.54, 1.807) is 7.11 Å². The molecule has 0 saturated carbocycles. The summed E-state index contributed by atoms with van der Waals surface area (Å²) >= 11 is 0. The molecule has 92 valence electrons. The van der Waals surface area contributed by atoms with E-state index in [0.29, 0.717) is 12.5 Å². The van der Waals surface area contributed by atoms with E-state index < -0.39 is 0 Å². The Bertz CT molecular complexity index is 382. The monoisotopic (exact) mass is 232 g/mol. The Kier molecular flexibility index (Phi) is 5.51. The third-order valence-corrected chi connectivity index (χ3v) is 2.76. The number of nitriles is 1. The quantitative estimate of drug-likeness (QED) is 0.756. The first-order chi connectivity index (χ1) is 8.17.